The van der Waals surface area contributed by atoms with Gasteiger partial charge in [-0.05, 0) is 47.7 Å². The highest BCUT2D eigenvalue weighted by Gasteiger charge is 2.25. The molecular weight excluding hydrogens is 319 g/mol. The van der Waals surface area contributed by atoms with Crippen molar-refractivity contribution in [3.8, 4) is 0 Å². The van der Waals surface area contributed by atoms with Crippen LogP contribution in [0.3, 0.4) is 0 Å². The number of cyclic esters (lactones) is 1. The lowest BCUT2D eigenvalue weighted by Crippen LogP contribution is -2.31. The van der Waals surface area contributed by atoms with E-state index in [1.165, 1.54) is 17.7 Å². The molecule has 1 heterocycles. The number of halogens is 1. The predicted octanol–water partition coefficient (Wildman–Crippen LogP) is 3.69. The molecule has 1 fully saturated rings. The molecule has 0 aromatic heterocycles. The number of hydrogen-bond acceptors (Lipinski definition) is 3. The monoisotopic (exact) mass is 340 g/mol. The zero-order valence-corrected chi connectivity index (χ0v) is 13.9. The van der Waals surface area contributed by atoms with Crippen molar-refractivity contribution in [3.63, 3.8) is 0 Å². The molecule has 0 amide bonds. The summed E-state index contributed by atoms with van der Waals surface area (Å²) < 4.78 is 18.2. The van der Waals surface area contributed by atoms with Crippen molar-refractivity contribution >= 4 is 12.0 Å². The second-order valence-corrected chi connectivity index (χ2v) is 6.31. The van der Waals surface area contributed by atoms with E-state index in [1.807, 2.05) is 30.4 Å². The quantitative estimate of drug-likeness (QED) is 0.845. The minimum absolute atomic E-state index is 0.0681. The molecular formula is C21H21FO3. The Labute approximate surface area is 146 Å². The van der Waals surface area contributed by atoms with E-state index in [2.05, 4.69) is 6.07 Å². The van der Waals surface area contributed by atoms with Crippen molar-refractivity contribution in [2.24, 2.45) is 0 Å². The van der Waals surface area contributed by atoms with Crippen molar-refractivity contribution in [1.29, 1.82) is 0 Å². The van der Waals surface area contributed by atoms with Gasteiger partial charge in [0.25, 0.3) is 0 Å². The molecule has 2 atom stereocenters. The third kappa shape index (κ3) is 5.00. The van der Waals surface area contributed by atoms with Crippen LogP contribution in [0.4, 0.5) is 4.39 Å². The van der Waals surface area contributed by atoms with Gasteiger partial charge in [0.05, 0.1) is 12.5 Å². The van der Waals surface area contributed by atoms with E-state index >= 15 is 0 Å². The third-order valence-electron chi connectivity index (χ3n) is 4.33. The smallest absolute Gasteiger partial charge is 0.309 e. The summed E-state index contributed by atoms with van der Waals surface area (Å²) >= 11 is 0. The van der Waals surface area contributed by atoms with Crippen LogP contribution in [-0.2, 0) is 22.4 Å². The number of aliphatic hydroxyl groups excluding tert-OH is 1. The van der Waals surface area contributed by atoms with Crippen LogP contribution in [0.5, 0.6) is 0 Å². The van der Waals surface area contributed by atoms with Crippen LogP contribution >= 0.6 is 0 Å². The third-order valence-corrected chi connectivity index (χ3v) is 4.33. The summed E-state index contributed by atoms with van der Waals surface area (Å²) in [6.07, 6.45) is 4.90. The topological polar surface area (TPSA) is 46.5 Å². The molecule has 0 saturated carbocycles. The standard InChI is InChI=1S/C21H21FO3/c22-18-10-6-15(7-11-18)5-8-16-3-1-2-4-17(16)9-12-20-13-19(23)14-21(24)25-20/h1-4,6-7,9-12,19-20,23H,5,8,13-14H2/b12-9+/t19-,20-/m1/s1. The Morgan fingerprint density at radius 1 is 1.12 bits per heavy atom. The van der Waals surface area contributed by atoms with Gasteiger partial charge in [0.2, 0.25) is 0 Å². The minimum Gasteiger partial charge on any atom is -0.458 e. The molecule has 0 aliphatic carbocycles. The van der Waals surface area contributed by atoms with Gasteiger partial charge < -0.3 is 9.84 Å². The number of carbonyl (C=O) groups is 1. The van der Waals surface area contributed by atoms with Gasteiger partial charge in [0.1, 0.15) is 11.9 Å². The molecule has 130 valence electrons. The molecule has 2 aromatic rings. The number of aryl methyl sites for hydroxylation is 2. The molecule has 0 radical (unpaired) electrons. The fourth-order valence-electron chi connectivity index (χ4n) is 2.99. The second kappa shape index (κ2) is 8.08. The molecule has 0 bridgehead atoms. The summed E-state index contributed by atoms with van der Waals surface area (Å²) in [5.74, 6) is -0.589. The van der Waals surface area contributed by atoms with E-state index in [9.17, 15) is 14.3 Å². The summed E-state index contributed by atoms with van der Waals surface area (Å²) in [4.78, 5) is 11.4. The maximum atomic E-state index is 13.0. The van der Waals surface area contributed by atoms with Crippen LogP contribution in [0.25, 0.3) is 6.08 Å². The molecule has 25 heavy (non-hydrogen) atoms. The Hall–Kier alpha value is -2.46. The summed E-state index contributed by atoms with van der Waals surface area (Å²) in [6, 6.07) is 14.6. The van der Waals surface area contributed by atoms with E-state index in [1.54, 1.807) is 12.1 Å². The largest absolute Gasteiger partial charge is 0.458 e. The lowest BCUT2D eigenvalue weighted by Gasteiger charge is -2.23. The number of carbonyl (C=O) groups excluding carboxylic acids is 1. The van der Waals surface area contributed by atoms with Crippen LogP contribution in [0.1, 0.15) is 29.5 Å². The first kappa shape index (κ1) is 17.4. The molecule has 3 nitrogen and oxygen atoms in total. The van der Waals surface area contributed by atoms with Crippen LogP contribution < -0.4 is 0 Å². The van der Waals surface area contributed by atoms with Crippen LogP contribution in [0, 0.1) is 5.82 Å². The van der Waals surface area contributed by atoms with Crippen molar-refractivity contribution in [3.05, 3.63) is 77.1 Å². The number of rotatable bonds is 5. The molecule has 3 rings (SSSR count). The Bertz CT molecular complexity index is 752. The van der Waals surface area contributed by atoms with Crippen molar-refractivity contribution in [2.75, 3.05) is 0 Å². The van der Waals surface area contributed by atoms with Crippen molar-refractivity contribution < 1.29 is 19.0 Å². The summed E-state index contributed by atoms with van der Waals surface area (Å²) in [7, 11) is 0. The van der Waals surface area contributed by atoms with Gasteiger partial charge in [-0.2, -0.15) is 0 Å². The van der Waals surface area contributed by atoms with Gasteiger partial charge in [-0.3, -0.25) is 4.79 Å². The first-order chi connectivity index (χ1) is 12.1. The van der Waals surface area contributed by atoms with E-state index in [0.717, 1.165) is 24.0 Å². The maximum absolute atomic E-state index is 13.0. The number of aliphatic hydroxyl groups is 1. The van der Waals surface area contributed by atoms with Gasteiger partial charge in [-0.25, -0.2) is 4.39 Å². The molecule has 2 aromatic carbocycles. The average molecular weight is 340 g/mol. The Morgan fingerprint density at radius 2 is 1.88 bits per heavy atom. The first-order valence-electron chi connectivity index (χ1n) is 8.48. The van der Waals surface area contributed by atoms with Gasteiger partial charge >= 0.3 is 5.97 Å². The van der Waals surface area contributed by atoms with Crippen molar-refractivity contribution in [1.82, 2.24) is 0 Å². The molecule has 0 spiro atoms. The average Bonchev–Trinajstić information content (AvgIpc) is 2.59. The number of ether oxygens (including phenoxy) is 1. The van der Waals surface area contributed by atoms with Gasteiger partial charge in [-0.15, -0.1) is 0 Å². The fraction of sp³-hybridized carbons (Fsp3) is 0.286. The maximum Gasteiger partial charge on any atom is 0.309 e. The highest BCUT2D eigenvalue weighted by molar-refractivity contribution is 5.71. The van der Waals surface area contributed by atoms with E-state index in [0.29, 0.717) is 6.42 Å². The molecule has 1 aliphatic heterocycles. The number of hydrogen-bond donors (Lipinski definition) is 1. The molecule has 0 unspecified atom stereocenters. The Morgan fingerprint density at radius 3 is 2.64 bits per heavy atom. The first-order valence-corrected chi connectivity index (χ1v) is 8.48. The normalized spacial score (nSPS) is 20.6. The molecule has 4 heteroatoms. The Balaban J connectivity index is 1.67. The number of esters is 1. The van der Waals surface area contributed by atoms with Crippen LogP contribution in [0.2, 0.25) is 0 Å². The zero-order valence-electron chi connectivity index (χ0n) is 13.9. The molecule has 1 saturated heterocycles. The Kier molecular flexibility index (Phi) is 5.61. The second-order valence-electron chi connectivity index (χ2n) is 6.31. The van der Waals surface area contributed by atoms with E-state index < -0.39 is 6.10 Å². The SMILES string of the molecule is O=C1C[C@H](O)C[C@@H](/C=C/c2ccccc2CCc2ccc(F)cc2)O1. The minimum atomic E-state index is -0.635. The van der Waals surface area contributed by atoms with Crippen LogP contribution in [0.15, 0.2) is 54.6 Å². The molecule has 1 aliphatic rings. The fourth-order valence-corrected chi connectivity index (χ4v) is 2.99. The predicted molar refractivity (Wildman–Crippen MR) is 94.4 cm³/mol. The highest BCUT2D eigenvalue weighted by atomic mass is 19.1. The van der Waals surface area contributed by atoms with E-state index in [-0.39, 0.29) is 24.3 Å². The zero-order chi connectivity index (χ0) is 17.6. The lowest BCUT2D eigenvalue weighted by molar-refractivity contribution is -0.156. The van der Waals surface area contributed by atoms with Crippen molar-refractivity contribution in [2.45, 2.75) is 37.9 Å². The van der Waals surface area contributed by atoms with E-state index in [4.69, 9.17) is 4.74 Å². The van der Waals surface area contributed by atoms with Gasteiger partial charge in [0.15, 0.2) is 0 Å². The van der Waals surface area contributed by atoms with Gasteiger partial charge in [-0.1, -0.05) is 42.5 Å². The highest BCUT2D eigenvalue weighted by Crippen LogP contribution is 2.19. The lowest BCUT2D eigenvalue weighted by atomic mass is 9.98. The number of benzene rings is 2. The van der Waals surface area contributed by atoms with Crippen LogP contribution in [-0.4, -0.2) is 23.3 Å². The summed E-state index contributed by atoms with van der Waals surface area (Å²) in [5.41, 5.74) is 3.32. The van der Waals surface area contributed by atoms with Gasteiger partial charge in [0, 0.05) is 6.42 Å². The summed E-state index contributed by atoms with van der Waals surface area (Å²) in [5, 5.41) is 9.67. The molecule has 1 N–H and O–H groups in total. The summed E-state index contributed by atoms with van der Waals surface area (Å²) in [6.45, 7) is 0.